The van der Waals surface area contributed by atoms with E-state index in [2.05, 4.69) is 25.7 Å². The van der Waals surface area contributed by atoms with Gasteiger partial charge in [0.1, 0.15) is 17.0 Å². The molecule has 0 unspecified atom stereocenters. The molecule has 1 aromatic carbocycles. The zero-order valence-electron chi connectivity index (χ0n) is 8.63. The first kappa shape index (κ1) is 11.9. The Balaban J connectivity index is 2.74. The van der Waals surface area contributed by atoms with Crippen LogP contribution in [0.25, 0.3) is 10.9 Å². The van der Waals surface area contributed by atoms with E-state index in [-0.39, 0.29) is 21.1 Å². The van der Waals surface area contributed by atoms with Crippen LogP contribution in [-0.2, 0) is 4.74 Å². The van der Waals surface area contributed by atoms with Crippen LogP contribution < -0.4 is 0 Å². The van der Waals surface area contributed by atoms with Gasteiger partial charge in [0, 0.05) is 5.39 Å². The molecule has 0 radical (unpaired) electrons. The topological polar surface area (TPSA) is 39.2 Å². The maximum absolute atomic E-state index is 13.6. The van der Waals surface area contributed by atoms with Gasteiger partial charge in [-0.15, -0.1) is 0 Å². The number of benzene rings is 1. The average molecular weight is 302 g/mol. The summed E-state index contributed by atoms with van der Waals surface area (Å²) in [5.41, 5.74) is -0.269. The van der Waals surface area contributed by atoms with Gasteiger partial charge in [-0.25, -0.2) is 18.6 Å². The van der Waals surface area contributed by atoms with Crippen molar-refractivity contribution in [1.29, 1.82) is 0 Å². The third kappa shape index (κ3) is 2.00. The van der Waals surface area contributed by atoms with Crippen molar-refractivity contribution in [2.45, 2.75) is 0 Å². The van der Waals surface area contributed by atoms with Crippen LogP contribution in [0.5, 0.6) is 0 Å². The molecular weight excluding hydrogens is 296 g/mol. The fraction of sp³-hybridized carbons (Fsp3) is 0.0909. The minimum absolute atomic E-state index is 0.00419. The largest absolute Gasteiger partial charge is 0.464 e. The van der Waals surface area contributed by atoms with Crippen molar-refractivity contribution >= 4 is 32.8 Å². The third-order valence-corrected chi connectivity index (χ3v) is 2.79. The second-order valence-electron chi connectivity index (χ2n) is 3.24. The van der Waals surface area contributed by atoms with Gasteiger partial charge in [0.2, 0.25) is 0 Å². The molecule has 0 aliphatic rings. The van der Waals surface area contributed by atoms with Crippen LogP contribution in [0.1, 0.15) is 10.5 Å². The van der Waals surface area contributed by atoms with Gasteiger partial charge >= 0.3 is 5.97 Å². The van der Waals surface area contributed by atoms with Crippen LogP contribution in [0.15, 0.2) is 22.7 Å². The number of pyridine rings is 1. The molecule has 17 heavy (non-hydrogen) atoms. The molecule has 0 aliphatic carbocycles. The predicted molar refractivity (Wildman–Crippen MR) is 60.7 cm³/mol. The Morgan fingerprint density at radius 2 is 2.12 bits per heavy atom. The molecule has 0 saturated heterocycles. The van der Waals surface area contributed by atoms with E-state index in [1.54, 1.807) is 0 Å². The lowest BCUT2D eigenvalue weighted by molar-refractivity contribution is 0.0594. The summed E-state index contributed by atoms with van der Waals surface area (Å²) < 4.78 is 31.6. The minimum atomic E-state index is -0.709. The molecule has 3 nitrogen and oxygen atoms in total. The van der Waals surface area contributed by atoms with Crippen molar-refractivity contribution in [3.8, 4) is 0 Å². The van der Waals surface area contributed by atoms with Crippen molar-refractivity contribution < 1.29 is 18.3 Å². The summed E-state index contributed by atoms with van der Waals surface area (Å²) in [6.45, 7) is 0. The van der Waals surface area contributed by atoms with E-state index < -0.39 is 17.6 Å². The Morgan fingerprint density at radius 3 is 2.76 bits per heavy atom. The molecule has 88 valence electrons. The highest BCUT2D eigenvalue weighted by Gasteiger charge is 2.15. The van der Waals surface area contributed by atoms with Gasteiger partial charge in [0.15, 0.2) is 5.82 Å². The van der Waals surface area contributed by atoms with Gasteiger partial charge in [0.25, 0.3) is 0 Å². The summed E-state index contributed by atoms with van der Waals surface area (Å²) >= 11 is 2.89. The van der Waals surface area contributed by atoms with Gasteiger partial charge < -0.3 is 4.74 Å². The molecule has 0 aliphatic heterocycles. The second-order valence-corrected chi connectivity index (χ2v) is 4.09. The van der Waals surface area contributed by atoms with E-state index in [1.165, 1.54) is 19.2 Å². The minimum Gasteiger partial charge on any atom is -0.464 e. The summed E-state index contributed by atoms with van der Waals surface area (Å²) in [7, 11) is 1.19. The van der Waals surface area contributed by atoms with E-state index in [4.69, 9.17) is 0 Å². The smallest absolute Gasteiger partial charge is 0.356 e. The number of aromatic nitrogens is 1. The van der Waals surface area contributed by atoms with Crippen molar-refractivity contribution in [3.63, 3.8) is 0 Å². The van der Waals surface area contributed by atoms with Gasteiger partial charge in [0.05, 0.1) is 11.6 Å². The first-order valence-corrected chi connectivity index (χ1v) is 5.36. The van der Waals surface area contributed by atoms with Crippen molar-refractivity contribution in [2.75, 3.05) is 7.11 Å². The predicted octanol–water partition coefficient (Wildman–Crippen LogP) is 3.06. The van der Waals surface area contributed by atoms with Crippen LogP contribution in [0.2, 0.25) is 0 Å². The molecule has 0 N–H and O–H groups in total. The highest BCUT2D eigenvalue weighted by molar-refractivity contribution is 9.10. The Bertz CT molecular complexity index is 616. The first-order chi connectivity index (χ1) is 8.04. The SMILES string of the molecule is COC(=O)c1ccc2c(F)c(Br)cc(F)c2n1. The Hall–Kier alpha value is -1.56. The number of hydrogen-bond donors (Lipinski definition) is 0. The molecule has 0 fully saturated rings. The number of halogens is 3. The number of carbonyl (C=O) groups is 1. The fourth-order valence-corrected chi connectivity index (χ4v) is 1.82. The molecule has 0 spiro atoms. The molecular formula is C11H6BrF2NO2. The average Bonchev–Trinajstić information content (AvgIpc) is 2.34. The van der Waals surface area contributed by atoms with E-state index in [1.807, 2.05) is 0 Å². The third-order valence-electron chi connectivity index (χ3n) is 2.22. The quantitative estimate of drug-likeness (QED) is 0.600. The molecule has 0 bridgehead atoms. The number of nitrogens with zero attached hydrogens (tertiary/aromatic N) is 1. The molecule has 0 saturated carbocycles. The van der Waals surface area contributed by atoms with Gasteiger partial charge in [-0.1, -0.05) is 0 Å². The standard InChI is InChI=1S/C11H6BrF2NO2/c1-17-11(16)8-3-2-5-9(14)6(12)4-7(13)10(5)15-8/h2-4H,1H3. The lowest BCUT2D eigenvalue weighted by atomic mass is 10.2. The number of hydrogen-bond acceptors (Lipinski definition) is 3. The highest BCUT2D eigenvalue weighted by Crippen LogP contribution is 2.26. The Morgan fingerprint density at radius 1 is 1.41 bits per heavy atom. The number of rotatable bonds is 1. The van der Waals surface area contributed by atoms with E-state index in [0.717, 1.165) is 6.07 Å². The summed E-state index contributed by atoms with van der Waals surface area (Å²) in [6, 6.07) is 3.53. The summed E-state index contributed by atoms with van der Waals surface area (Å²) in [4.78, 5) is 14.9. The van der Waals surface area contributed by atoms with Crippen molar-refractivity contribution in [3.05, 3.63) is 40.0 Å². The summed E-state index contributed by atoms with van der Waals surface area (Å²) in [6.07, 6.45) is 0. The summed E-state index contributed by atoms with van der Waals surface area (Å²) in [5.74, 6) is -2.03. The number of carbonyl (C=O) groups excluding carboxylic acids is 1. The van der Waals surface area contributed by atoms with Gasteiger partial charge in [-0.05, 0) is 34.1 Å². The monoisotopic (exact) mass is 301 g/mol. The Labute approximate surface area is 104 Å². The van der Waals surface area contributed by atoms with Crippen molar-refractivity contribution in [2.24, 2.45) is 0 Å². The van der Waals surface area contributed by atoms with Crippen molar-refractivity contribution in [1.82, 2.24) is 4.98 Å². The lowest BCUT2D eigenvalue weighted by Gasteiger charge is -2.04. The Kier molecular flexibility index (Phi) is 3.06. The van der Waals surface area contributed by atoms with E-state index in [9.17, 15) is 13.6 Å². The fourth-order valence-electron chi connectivity index (χ4n) is 1.41. The van der Waals surface area contributed by atoms with E-state index >= 15 is 0 Å². The normalized spacial score (nSPS) is 10.6. The van der Waals surface area contributed by atoms with Gasteiger partial charge in [-0.3, -0.25) is 0 Å². The molecule has 2 rings (SSSR count). The maximum atomic E-state index is 13.6. The van der Waals surface area contributed by atoms with Crippen LogP contribution in [-0.4, -0.2) is 18.1 Å². The molecule has 2 aromatic rings. The second kappa shape index (κ2) is 4.37. The molecule has 1 aromatic heterocycles. The lowest BCUT2D eigenvalue weighted by Crippen LogP contribution is -2.05. The molecule has 0 amide bonds. The number of ether oxygens (including phenoxy) is 1. The zero-order chi connectivity index (χ0) is 12.6. The number of esters is 1. The number of methoxy groups -OCH3 is 1. The van der Waals surface area contributed by atoms with Crippen LogP contribution in [0.4, 0.5) is 8.78 Å². The van der Waals surface area contributed by atoms with Crippen LogP contribution in [0.3, 0.4) is 0 Å². The molecule has 1 heterocycles. The highest BCUT2D eigenvalue weighted by atomic mass is 79.9. The first-order valence-electron chi connectivity index (χ1n) is 4.57. The molecule has 0 atom stereocenters. The van der Waals surface area contributed by atoms with E-state index in [0.29, 0.717) is 0 Å². The summed E-state index contributed by atoms with van der Waals surface area (Å²) in [5, 5.41) is 0.00419. The zero-order valence-corrected chi connectivity index (χ0v) is 10.2. The van der Waals surface area contributed by atoms with Gasteiger partial charge in [-0.2, -0.15) is 0 Å². The maximum Gasteiger partial charge on any atom is 0.356 e. The van der Waals surface area contributed by atoms with Crippen LogP contribution >= 0.6 is 15.9 Å². The van der Waals surface area contributed by atoms with Crippen LogP contribution in [0, 0.1) is 11.6 Å². The number of fused-ring (bicyclic) bond motifs is 1. The molecule has 6 heteroatoms.